The van der Waals surface area contributed by atoms with Crippen LogP contribution in [0.4, 0.5) is 5.69 Å². The minimum atomic E-state index is -0.587. The minimum absolute atomic E-state index is 0.0485. The SMILES string of the molecule is COc1nc(-c2cccc(-c3cccc(NC(=O)c4ccnn(C)c4=O)c3OC)c2Cl)ccc1CNC1CCOC[C@@H]1O. The van der Waals surface area contributed by atoms with E-state index in [-0.39, 0.29) is 11.6 Å². The second kappa shape index (κ2) is 13.3. The topological polar surface area (TPSA) is 137 Å². The molecule has 1 aliphatic rings. The summed E-state index contributed by atoms with van der Waals surface area (Å²) in [5.41, 5.74) is 3.22. The van der Waals surface area contributed by atoms with Crippen LogP contribution < -0.4 is 25.7 Å². The van der Waals surface area contributed by atoms with Gasteiger partial charge in [0.05, 0.1) is 43.3 Å². The van der Waals surface area contributed by atoms with Crippen LogP contribution in [0, 0.1) is 0 Å². The number of aliphatic hydroxyl groups excluding tert-OH is 1. The zero-order valence-corrected chi connectivity index (χ0v) is 24.7. The number of carbonyl (C=O) groups is 1. The van der Waals surface area contributed by atoms with E-state index in [4.69, 9.17) is 30.8 Å². The summed E-state index contributed by atoms with van der Waals surface area (Å²) >= 11 is 6.99. The minimum Gasteiger partial charge on any atom is -0.494 e. The lowest BCUT2D eigenvalue weighted by atomic mass is 9.99. The first-order valence-corrected chi connectivity index (χ1v) is 14.0. The van der Waals surface area contributed by atoms with E-state index in [0.717, 1.165) is 10.2 Å². The molecule has 1 unspecified atom stereocenters. The smallest absolute Gasteiger partial charge is 0.279 e. The molecule has 43 heavy (non-hydrogen) atoms. The van der Waals surface area contributed by atoms with Gasteiger partial charge in [0, 0.05) is 54.7 Å². The second-order valence-electron chi connectivity index (χ2n) is 9.96. The Bertz CT molecular complexity index is 1690. The molecule has 2 aromatic heterocycles. The zero-order chi connectivity index (χ0) is 30.5. The summed E-state index contributed by atoms with van der Waals surface area (Å²) in [6, 6.07) is 15.9. The molecular weight excluding hydrogens is 574 g/mol. The molecule has 0 saturated carbocycles. The molecule has 3 N–H and O–H groups in total. The van der Waals surface area contributed by atoms with Gasteiger partial charge in [-0.1, -0.05) is 48.0 Å². The van der Waals surface area contributed by atoms with E-state index in [9.17, 15) is 14.7 Å². The lowest BCUT2D eigenvalue weighted by Gasteiger charge is -2.28. The molecule has 224 valence electrons. The van der Waals surface area contributed by atoms with E-state index in [2.05, 4.69) is 15.7 Å². The normalized spacial score (nSPS) is 16.5. The van der Waals surface area contributed by atoms with Crippen molar-refractivity contribution in [3.05, 3.63) is 87.3 Å². The third-order valence-corrected chi connectivity index (χ3v) is 7.70. The average Bonchev–Trinajstić information content (AvgIpc) is 3.02. The van der Waals surface area contributed by atoms with Crippen LogP contribution in [0.5, 0.6) is 11.6 Å². The summed E-state index contributed by atoms with van der Waals surface area (Å²) in [5, 5.41) is 20.6. The fourth-order valence-corrected chi connectivity index (χ4v) is 5.33. The number of methoxy groups -OCH3 is 2. The zero-order valence-electron chi connectivity index (χ0n) is 24.0. The molecule has 0 spiro atoms. The highest BCUT2D eigenvalue weighted by molar-refractivity contribution is 6.36. The Balaban J connectivity index is 1.44. The van der Waals surface area contributed by atoms with Gasteiger partial charge in [-0.05, 0) is 24.6 Å². The highest BCUT2D eigenvalue weighted by Crippen LogP contribution is 2.43. The number of nitrogens with one attached hydrogen (secondary N) is 2. The number of halogens is 1. The molecule has 0 bridgehead atoms. The molecule has 11 nitrogen and oxygen atoms in total. The van der Waals surface area contributed by atoms with Gasteiger partial charge < -0.3 is 30.0 Å². The van der Waals surface area contributed by atoms with Crippen molar-refractivity contribution in [3.8, 4) is 34.0 Å². The van der Waals surface area contributed by atoms with Crippen LogP contribution in [0.25, 0.3) is 22.4 Å². The Kier molecular flexibility index (Phi) is 9.37. The third kappa shape index (κ3) is 6.40. The Morgan fingerprint density at radius 2 is 1.86 bits per heavy atom. The van der Waals surface area contributed by atoms with Crippen molar-refractivity contribution in [2.75, 3.05) is 32.8 Å². The van der Waals surface area contributed by atoms with Gasteiger partial charge in [0.2, 0.25) is 5.88 Å². The van der Waals surface area contributed by atoms with Crippen molar-refractivity contribution in [1.29, 1.82) is 0 Å². The fraction of sp³-hybridized carbons (Fsp3) is 0.290. The monoisotopic (exact) mass is 605 g/mol. The Hall–Kier alpha value is -4.29. The van der Waals surface area contributed by atoms with Crippen molar-refractivity contribution < 1.29 is 24.1 Å². The number of para-hydroxylation sites is 1. The van der Waals surface area contributed by atoms with Crippen LogP contribution >= 0.6 is 11.6 Å². The number of carbonyl (C=O) groups excluding carboxylic acids is 1. The number of aryl methyl sites for hydroxylation is 1. The van der Waals surface area contributed by atoms with Gasteiger partial charge in [0.25, 0.3) is 11.5 Å². The Morgan fingerprint density at radius 3 is 2.63 bits per heavy atom. The van der Waals surface area contributed by atoms with E-state index < -0.39 is 17.6 Å². The van der Waals surface area contributed by atoms with Crippen molar-refractivity contribution >= 4 is 23.2 Å². The van der Waals surface area contributed by atoms with Gasteiger partial charge in [0.1, 0.15) is 11.3 Å². The number of nitrogens with zero attached hydrogens (tertiary/aromatic N) is 3. The van der Waals surface area contributed by atoms with E-state index >= 15 is 0 Å². The van der Waals surface area contributed by atoms with Gasteiger partial charge in [-0.2, -0.15) is 5.10 Å². The quantitative estimate of drug-likeness (QED) is 0.261. The second-order valence-corrected chi connectivity index (χ2v) is 10.3. The highest BCUT2D eigenvalue weighted by atomic mass is 35.5. The molecule has 2 aromatic carbocycles. The standard InChI is InChI=1S/C31H32ClN5O6/c1-37-31(40)22(12-14-34-37)29(39)35-25-9-5-7-20(28(25)41-2)19-6-4-8-21(27(19)32)23-11-10-18(30(36-23)42-3)16-33-24-13-15-43-17-26(24)38/h4-12,14,24,26,33,38H,13,15-17H2,1-3H3,(H,35,39)/t24?,26-/m0/s1. The number of hydrogen-bond acceptors (Lipinski definition) is 9. The van der Waals surface area contributed by atoms with Gasteiger partial charge >= 0.3 is 0 Å². The maximum atomic E-state index is 13.0. The molecule has 1 amide bonds. The molecule has 12 heteroatoms. The summed E-state index contributed by atoms with van der Waals surface area (Å²) in [4.78, 5) is 30.1. The number of aliphatic hydroxyl groups is 1. The van der Waals surface area contributed by atoms with Crippen LogP contribution in [0.1, 0.15) is 22.3 Å². The van der Waals surface area contributed by atoms with Crippen molar-refractivity contribution in [1.82, 2.24) is 20.1 Å². The van der Waals surface area contributed by atoms with E-state index in [0.29, 0.717) is 70.9 Å². The van der Waals surface area contributed by atoms with E-state index in [1.54, 1.807) is 19.2 Å². The highest BCUT2D eigenvalue weighted by Gasteiger charge is 2.24. The summed E-state index contributed by atoms with van der Waals surface area (Å²) in [6.07, 6.45) is 1.53. The predicted molar refractivity (Wildman–Crippen MR) is 163 cm³/mol. The molecule has 4 aromatic rings. The van der Waals surface area contributed by atoms with Crippen molar-refractivity contribution in [2.24, 2.45) is 7.05 Å². The number of amides is 1. The molecule has 5 rings (SSSR count). The number of pyridine rings is 1. The summed E-state index contributed by atoms with van der Waals surface area (Å²) < 4.78 is 17.7. The van der Waals surface area contributed by atoms with Crippen molar-refractivity contribution in [3.63, 3.8) is 0 Å². The number of ether oxygens (including phenoxy) is 3. The maximum absolute atomic E-state index is 13.0. The molecule has 0 radical (unpaired) electrons. The first-order valence-electron chi connectivity index (χ1n) is 13.7. The maximum Gasteiger partial charge on any atom is 0.279 e. The molecule has 1 saturated heterocycles. The van der Waals surface area contributed by atoms with Gasteiger partial charge in [-0.15, -0.1) is 0 Å². The van der Waals surface area contributed by atoms with E-state index in [1.807, 2.05) is 36.4 Å². The first-order chi connectivity index (χ1) is 20.8. The molecule has 1 aliphatic heterocycles. The number of rotatable bonds is 9. The number of hydrogen-bond donors (Lipinski definition) is 3. The lowest BCUT2D eigenvalue weighted by Crippen LogP contribution is -2.46. The first kappa shape index (κ1) is 30.2. The lowest BCUT2D eigenvalue weighted by molar-refractivity contribution is -0.0281. The van der Waals surface area contributed by atoms with Gasteiger partial charge in [-0.3, -0.25) is 9.59 Å². The third-order valence-electron chi connectivity index (χ3n) is 7.30. The molecule has 1 fully saturated rings. The molecule has 0 aliphatic carbocycles. The summed E-state index contributed by atoms with van der Waals surface area (Å²) in [6.45, 7) is 1.38. The summed E-state index contributed by atoms with van der Waals surface area (Å²) in [5.74, 6) is 0.233. The average molecular weight is 606 g/mol. The van der Waals surface area contributed by atoms with E-state index in [1.165, 1.54) is 26.4 Å². The predicted octanol–water partition coefficient (Wildman–Crippen LogP) is 3.67. The Morgan fingerprint density at radius 1 is 1.09 bits per heavy atom. The number of anilines is 1. The molecule has 2 atom stereocenters. The van der Waals surface area contributed by atoms with Crippen molar-refractivity contribution in [2.45, 2.75) is 25.1 Å². The van der Waals surface area contributed by atoms with Crippen LogP contribution in [-0.2, 0) is 18.3 Å². The van der Waals surface area contributed by atoms with Crippen LogP contribution in [0.2, 0.25) is 5.02 Å². The molecular formula is C31H32ClN5O6. The van der Waals surface area contributed by atoms with Gasteiger partial charge in [-0.25, -0.2) is 9.67 Å². The molecule has 3 heterocycles. The van der Waals surface area contributed by atoms with Crippen LogP contribution in [0.3, 0.4) is 0 Å². The van der Waals surface area contributed by atoms with Crippen LogP contribution in [0.15, 0.2) is 65.6 Å². The largest absolute Gasteiger partial charge is 0.494 e. The van der Waals surface area contributed by atoms with Gasteiger partial charge in [0.15, 0.2) is 0 Å². The fourth-order valence-electron chi connectivity index (χ4n) is 5.01. The Labute approximate surface area is 253 Å². The number of aromatic nitrogens is 3. The van der Waals surface area contributed by atoms with Crippen LogP contribution in [-0.4, -0.2) is 65.4 Å². The number of benzene rings is 2. The summed E-state index contributed by atoms with van der Waals surface area (Å²) in [7, 11) is 4.53.